The zero-order valence-electron chi connectivity index (χ0n) is 10.2. The minimum Gasteiger partial charge on any atom is -0.329 e. The molecule has 0 radical (unpaired) electrons. The third-order valence-corrected chi connectivity index (χ3v) is 5.75. The highest BCUT2D eigenvalue weighted by Crippen LogP contribution is 2.45. The van der Waals surface area contributed by atoms with Crippen molar-refractivity contribution in [2.75, 3.05) is 18.8 Å². The molecule has 3 atom stereocenters. The predicted molar refractivity (Wildman–Crippen MR) is 68.3 cm³/mol. The van der Waals surface area contributed by atoms with Crippen LogP contribution in [0.4, 0.5) is 0 Å². The van der Waals surface area contributed by atoms with Gasteiger partial charge in [0, 0.05) is 35.7 Å². The Morgan fingerprint density at radius 3 is 2.60 bits per heavy atom. The number of rotatable bonds is 3. The van der Waals surface area contributed by atoms with E-state index in [-0.39, 0.29) is 5.54 Å². The molecule has 2 aliphatic rings. The first-order valence-corrected chi connectivity index (χ1v) is 7.23. The lowest BCUT2D eigenvalue weighted by molar-refractivity contribution is 0.0537. The molecule has 0 spiro atoms. The van der Waals surface area contributed by atoms with Gasteiger partial charge in [0.1, 0.15) is 0 Å². The highest BCUT2D eigenvalue weighted by atomic mass is 32.2. The van der Waals surface area contributed by atoms with Gasteiger partial charge in [-0.2, -0.15) is 11.8 Å². The maximum absolute atomic E-state index is 6.04. The molecule has 1 saturated heterocycles. The number of hydrogen-bond acceptors (Lipinski definition) is 3. The van der Waals surface area contributed by atoms with Crippen LogP contribution in [-0.2, 0) is 0 Å². The van der Waals surface area contributed by atoms with E-state index in [9.17, 15) is 0 Å². The van der Waals surface area contributed by atoms with Crippen LogP contribution in [0.5, 0.6) is 0 Å². The van der Waals surface area contributed by atoms with Crippen molar-refractivity contribution in [3.8, 4) is 0 Å². The van der Waals surface area contributed by atoms with E-state index in [4.69, 9.17) is 5.73 Å². The monoisotopic (exact) mass is 228 g/mol. The Balaban J connectivity index is 2.12. The van der Waals surface area contributed by atoms with Crippen molar-refractivity contribution >= 4 is 11.8 Å². The predicted octanol–water partition coefficient (Wildman–Crippen LogP) is 1.94. The molecule has 3 unspecified atom stereocenters. The number of nitrogens with zero attached hydrogens (tertiary/aromatic N) is 1. The summed E-state index contributed by atoms with van der Waals surface area (Å²) in [5.41, 5.74) is 6.31. The molecule has 0 aromatic carbocycles. The summed E-state index contributed by atoms with van der Waals surface area (Å²) in [5, 5.41) is 0.753. The second-order valence-electron chi connectivity index (χ2n) is 5.35. The molecule has 1 aliphatic carbocycles. The Morgan fingerprint density at radius 1 is 1.40 bits per heavy atom. The smallest absolute Gasteiger partial charge is 0.0335 e. The average molecular weight is 228 g/mol. The van der Waals surface area contributed by atoms with Gasteiger partial charge in [-0.1, -0.05) is 6.92 Å². The first-order valence-electron chi connectivity index (χ1n) is 6.18. The van der Waals surface area contributed by atoms with E-state index in [1.807, 2.05) is 0 Å². The maximum Gasteiger partial charge on any atom is 0.0335 e. The van der Waals surface area contributed by atoms with Gasteiger partial charge in [-0.25, -0.2) is 0 Å². The molecule has 2 nitrogen and oxygen atoms in total. The van der Waals surface area contributed by atoms with Crippen LogP contribution >= 0.6 is 11.8 Å². The van der Waals surface area contributed by atoms with Crippen molar-refractivity contribution in [1.82, 2.24) is 4.90 Å². The summed E-state index contributed by atoms with van der Waals surface area (Å²) in [4.78, 5) is 2.69. The van der Waals surface area contributed by atoms with Crippen LogP contribution in [0.3, 0.4) is 0 Å². The summed E-state index contributed by atoms with van der Waals surface area (Å²) in [5.74, 6) is 2.13. The number of hydrogen-bond donors (Lipinski definition) is 1. The van der Waals surface area contributed by atoms with Gasteiger partial charge in [0.25, 0.3) is 0 Å². The van der Waals surface area contributed by atoms with Crippen molar-refractivity contribution in [1.29, 1.82) is 0 Å². The SMILES string of the molecule is CC1SCCN(C(C)(CN)C2CC2)C1C. The van der Waals surface area contributed by atoms with Crippen LogP contribution in [0.15, 0.2) is 0 Å². The number of nitrogens with two attached hydrogens (primary N) is 1. The van der Waals surface area contributed by atoms with Gasteiger partial charge >= 0.3 is 0 Å². The molecule has 2 rings (SSSR count). The van der Waals surface area contributed by atoms with E-state index in [1.165, 1.54) is 25.1 Å². The van der Waals surface area contributed by atoms with Crippen LogP contribution in [0.25, 0.3) is 0 Å². The Bertz CT molecular complexity index is 230. The van der Waals surface area contributed by atoms with E-state index in [2.05, 4.69) is 37.4 Å². The van der Waals surface area contributed by atoms with Crippen molar-refractivity contribution in [3.63, 3.8) is 0 Å². The number of thioether (sulfide) groups is 1. The summed E-state index contributed by atoms with van der Waals surface area (Å²) in [6.07, 6.45) is 2.77. The molecule has 0 aromatic heterocycles. The molecule has 0 amide bonds. The zero-order valence-corrected chi connectivity index (χ0v) is 11.0. The molecule has 1 aliphatic heterocycles. The fourth-order valence-electron chi connectivity index (χ4n) is 2.88. The molecular formula is C12H24N2S. The highest BCUT2D eigenvalue weighted by Gasteiger charge is 2.47. The molecule has 2 fully saturated rings. The summed E-state index contributed by atoms with van der Waals surface area (Å²) >= 11 is 2.11. The molecule has 15 heavy (non-hydrogen) atoms. The van der Waals surface area contributed by atoms with Crippen LogP contribution in [0.1, 0.15) is 33.6 Å². The Morgan fingerprint density at radius 2 is 2.07 bits per heavy atom. The van der Waals surface area contributed by atoms with E-state index < -0.39 is 0 Å². The largest absolute Gasteiger partial charge is 0.329 e. The molecule has 0 aromatic rings. The standard InChI is InChI=1S/C12H24N2S/c1-9-10(2)15-7-6-14(9)12(3,8-13)11-4-5-11/h9-11H,4-8,13H2,1-3H3. The van der Waals surface area contributed by atoms with Gasteiger partial charge in [-0.05, 0) is 32.6 Å². The maximum atomic E-state index is 6.04. The van der Waals surface area contributed by atoms with Gasteiger partial charge in [0.15, 0.2) is 0 Å². The third kappa shape index (κ3) is 2.06. The molecular weight excluding hydrogens is 204 g/mol. The van der Waals surface area contributed by atoms with Crippen molar-refractivity contribution in [3.05, 3.63) is 0 Å². The van der Waals surface area contributed by atoms with Crippen LogP contribution in [0.2, 0.25) is 0 Å². The third-order valence-electron chi connectivity index (χ3n) is 4.41. The minimum atomic E-state index is 0.272. The van der Waals surface area contributed by atoms with Gasteiger partial charge in [0.2, 0.25) is 0 Å². The summed E-state index contributed by atoms with van der Waals surface area (Å²) in [6.45, 7) is 9.14. The second kappa shape index (κ2) is 4.27. The van der Waals surface area contributed by atoms with Gasteiger partial charge in [0.05, 0.1) is 0 Å². The van der Waals surface area contributed by atoms with Crippen molar-refractivity contribution < 1.29 is 0 Å². The van der Waals surface area contributed by atoms with Crippen LogP contribution in [0, 0.1) is 5.92 Å². The fourth-order valence-corrected chi connectivity index (χ4v) is 3.98. The Labute approximate surface area is 98.0 Å². The highest BCUT2D eigenvalue weighted by molar-refractivity contribution is 8.00. The van der Waals surface area contributed by atoms with E-state index in [1.54, 1.807) is 0 Å². The Kier molecular flexibility index (Phi) is 3.34. The van der Waals surface area contributed by atoms with Crippen LogP contribution in [-0.4, -0.2) is 40.6 Å². The van der Waals surface area contributed by atoms with E-state index in [0.29, 0.717) is 6.04 Å². The van der Waals surface area contributed by atoms with E-state index in [0.717, 1.165) is 17.7 Å². The van der Waals surface area contributed by atoms with Gasteiger partial charge < -0.3 is 5.73 Å². The molecule has 2 N–H and O–H groups in total. The Hall–Kier alpha value is 0.270. The fraction of sp³-hybridized carbons (Fsp3) is 1.00. The summed E-state index contributed by atoms with van der Waals surface area (Å²) in [7, 11) is 0. The van der Waals surface area contributed by atoms with E-state index >= 15 is 0 Å². The summed E-state index contributed by atoms with van der Waals surface area (Å²) in [6, 6.07) is 0.679. The lowest BCUT2D eigenvalue weighted by Gasteiger charge is -2.49. The first-order chi connectivity index (χ1) is 7.09. The molecule has 1 saturated carbocycles. The van der Waals surface area contributed by atoms with Gasteiger partial charge in [-0.15, -0.1) is 0 Å². The van der Waals surface area contributed by atoms with Crippen LogP contribution < -0.4 is 5.73 Å². The lowest BCUT2D eigenvalue weighted by Crippen LogP contribution is -2.61. The van der Waals surface area contributed by atoms with Gasteiger partial charge in [-0.3, -0.25) is 4.90 Å². The molecule has 1 heterocycles. The zero-order chi connectivity index (χ0) is 11.1. The average Bonchev–Trinajstić information content (AvgIpc) is 3.05. The summed E-state index contributed by atoms with van der Waals surface area (Å²) < 4.78 is 0. The van der Waals surface area contributed by atoms with Crippen molar-refractivity contribution in [2.45, 2.75) is 50.4 Å². The quantitative estimate of drug-likeness (QED) is 0.800. The second-order valence-corrected chi connectivity index (χ2v) is 6.83. The minimum absolute atomic E-state index is 0.272. The first kappa shape index (κ1) is 11.7. The van der Waals surface area contributed by atoms with Crippen molar-refractivity contribution in [2.24, 2.45) is 11.7 Å². The molecule has 88 valence electrons. The normalized spacial score (nSPS) is 37.6. The molecule has 0 bridgehead atoms. The lowest BCUT2D eigenvalue weighted by atomic mass is 9.91. The topological polar surface area (TPSA) is 29.3 Å². The molecule has 3 heteroatoms.